The maximum absolute atomic E-state index is 11.9. The molecular formula is C16H33N3O2. The lowest BCUT2D eigenvalue weighted by Gasteiger charge is -2.24. The van der Waals surface area contributed by atoms with Crippen molar-refractivity contribution < 1.29 is 9.53 Å². The molecule has 0 aromatic heterocycles. The Balaban J connectivity index is 2.05. The number of hydrogen-bond acceptors (Lipinski definition) is 4. The molecule has 2 N–H and O–H groups in total. The highest BCUT2D eigenvalue weighted by atomic mass is 16.5. The third-order valence-corrected chi connectivity index (χ3v) is 4.20. The normalized spacial score (nSPS) is 17.9. The molecule has 1 unspecified atom stereocenters. The van der Waals surface area contributed by atoms with Crippen molar-refractivity contribution in [3.05, 3.63) is 0 Å². The number of ether oxygens (including phenoxy) is 1. The van der Waals surface area contributed by atoms with E-state index in [9.17, 15) is 4.79 Å². The fraction of sp³-hybridized carbons (Fsp3) is 0.938. The minimum Gasteiger partial charge on any atom is -0.381 e. The van der Waals surface area contributed by atoms with Crippen LogP contribution >= 0.6 is 0 Å². The summed E-state index contributed by atoms with van der Waals surface area (Å²) in [4.78, 5) is 14.3. The van der Waals surface area contributed by atoms with E-state index in [1.54, 1.807) is 0 Å². The highest BCUT2D eigenvalue weighted by molar-refractivity contribution is 5.78. The second-order valence-corrected chi connectivity index (χ2v) is 5.91. The zero-order valence-corrected chi connectivity index (χ0v) is 14.0. The quantitative estimate of drug-likeness (QED) is 0.640. The molecule has 1 atom stereocenters. The maximum Gasteiger partial charge on any atom is 0.234 e. The molecule has 1 rings (SSSR count). The summed E-state index contributed by atoms with van der Waals surface area (Å²) in [6.45, 7) is 11.9. The zero-order valence-electron chi connectivity index (χ0n) is 14.0. The molecule has 124 valence electrons. The van der Waals surface area contributed by atoms with Gasteiger partial charge in [0.2, 0.25) is 5.91 Å². The fourth-order valence-electron chi connectivity index (χ4n) is 2.65. The lowest BCUT2D eigenvalue weighted by atomic mass is 10.1. The van der Waals surface area contributed by atoms with Crippen molar-refractivity contribution in [2.75, 3.05) is 39.4 Å². The number of nitrogens with one attached hydrogen (secondary N) is 2. The van der Waals surface area contributed by atoms with Crippen LogP contribution in [0, 0.1) is 0 Å². The Morgan fingerprint density at radius 3 is 2.57 bits per heavy atom. The molecule has 0 radical (unpaired) electrons. The number of nitrogens with zero attached hydrogens (tertiary/aromatic N) is 1. The second kappa shape index (κ2) is 11.0. The van der Waals surface area contributed by atoms with Gasteiger partial charge in [-0.1, -0.05) is 13.8 Å². The topological polar surface area (TPSA) is 53.6 Å². The molecule has 0 aromatic rings. The molecule has 5 heteroatoms. The predicted octanol–water partition coefficient (Wildman–Crippen LogP) is 1.38. The molecule has 21 heavy (non-hydrogen) atoms. The van der Waals surface area contributed by atoms with Gasteiger partial charge < -0.3 is 20.3 Å². The van der Waals surface area contributed by atoms with E-state index in [-0.39, 0.29) is 5.91 Å². The Bertz CT molecular complexity index is 277. The molecule has 1 heterocycles. The lowest BCUT2D eigenvalue weighted by molar-refractivity contribution is -0.121. The van der Waals surface area contributed by atoms with E-state index in [1.807, 2.05) is 0 Å². The van der Waals surface area contributed by atoms with Gasteiger partial charge in [0.25, 0.3) is 0 Å². The second-order valence-electron chi connectivity index (χ2n) is 5.91. The molecular weight excluding hydrogens is 266 g/mol. The van der Waals surface area contributed by atoms with E-state index < -0.39 is 0 Å². The molecule has 1 aliphatic rings. The van der Waals surface area contributed by atoms with Crippen LogP contribution in [-0.2, 0) is 9.53 Å². The fourth-order valence-corrected chi connectivity index (χ4v) is 2.65. The zero-order chi connectivity index (χ0) is 15.5. The SMILES string of the molecule is CCN(CC)CCCC(C)NCC(=O)NC1CCOCC1. The molecule has 1 fully saturated rings. The Labute approximate surface area is 129 Å². The minimum absolute atomic E-state index is 0.109. The van der Waals surface area contributed by atoms with Gasteiger partial charge in [0, 0.05) is 25.3 Å². The van der Waals surface area contributed by atoms with Crippen LogP contribution in [0.1, 0.15) is 46.5 Å². The largest absolute Gasteiger partial charge is 0.381 e. The Morgan fingerprint density at radius 2 is 1.95 bits per heavy atom. The molecule has 0 aromatic carbocycles. The van der Waals surface area contributed by atoms with Gasteiger partial charge in [-0.3, -0.25) is 4.79 Å². The van der Waals surface area contributed by atoms with E-state index in [2.05, 4.69) is 36.3 Å². The summed E-state index contributed by atoms with van der Waals surface area (Å²) in [7, 11) is 0. The Morgan fingerprint density at radius 1 is 1.29 bits per heavy atom. The molecule has 0 spiro atoms. The summed E-state index contributed by atoms with van der Waals surface area (Å²) in [5.74, 6) is 0.109. The molecule has 0 bridgehead atoms. The van der Waals surface area contributed by atoms with E-state index in [0.29, 0.717) is 18.6 Å². The standard InChI is InChI=1S/C16H33N3O2/c1-4-19(5-2)10-6-7-14(3)17-13-16(20)18-15-8-11-21-12-9-15/h14-15,17H,4-13H2,1-3H3,(H,18,20). The van der Waals surface area contributed by atoms with Crippen molar-refractivity contribution in [2.45, 2.75) is 58.5 Å². The summed E-state index contributed by atoms with van der Waals surface area (Å²) < 4.78 is 5.29. The first-order valence-electron chi connectivity index (χ1n) is 8.48. The number of hydrogen-bond donors (Lipinski definition) is 2. The average molecular weight is 299 g/mol. The molecule has 0 saturated carbocycles. The van der Waals surface area contributed by atoms with Crippen molar-refractivity contribution in [2.24, 2.45) is 0 Å². The van der Waals surface area contributed by atoms with Crippen LogP contribution in [0.5, 0.6) is 0 Å². The van der Waals surface area contributed by atoms with Crippen LogP contribution in [0.4, 0.5) is 0 Å². The smallest absolute Gasteiger partial charge is 0.234 e. The Kier molecular flexibility index (Phi) is 9.63. The minimum atomic E-state index is 0.109. The van der Waals surface area contributed by atoms with Gasteiger partial charge in [-0.2, -0.15) is 0 Å². The van der Waals surface area contributed by atoms with Gasteiger partial charge in [0.05, 0.1) is 6.54 Å². The van der Waals surface area contributed by atoms with Crippen LogP contribution in [0.2, 0.25) is 0 Å². The first kappa shape index (κ1) is 18.4. The number of amides is 1. The van der Waals surface area contributed by atoms with Crippen LogP contribution in [0.15, 0.2) is 0 Å². The predicted molar refractivity (Wildman–Crippen MR) is 86.5 cm³/mol. The highest BCUT2D eigenvalue weighted by Gasteiger charge is 2.16. The van der Waals surface area contributed by atoms with Crippen molar-refractivity contribution >= 4 is 5.91 Å². The van der Waals surface area contributed by atoms with Gasteiger partial charge in [-0.15, -0.1) is 0 Å². The van der Waals surface area contributed by atoms with Crippen LogP contribution in [0.25, 0.3) is 0 Å². The van der Waals surface area contributed by atoms with E-state index in [1.165, 1.54) is 6.42 Å². The highest BCUT2D eigenvalue weighted by Crippen LogP contribution is 2.05. The summed E-state index contributed by atoms with van der Waals surface area (Å²) in [6, 6.07) is 0.687. The summed E-state index contributed by atoms with van der Waals surface area (Å²) >= 11 is 0. The van der Waals surface area contributed by atoms with Crippen LogP contribution in [-0.4, -0.2) is 62.3 Å². The molecule has 1 amide bonds. The Hall–Kier alpha value is -0.650. The van der Waals surface area contributed by atoms with E-state index >= 15 is 0 Å². The van der Waals surface area contributed by atoms with Gasteiger partial charge >= 0.3 is 0 Å². The van der Waals surface area contributed by atoms with Crippen LogP contribution in [0.3, 0.4) is 0 Å². The van der Waals surface area contributed by atoms with Gasteiger partial charge in [0.15, 0.2) is 0 Å². The first-order chi connectivity index (χ1) is 10.2. The van der Waals surface area contributed by atoms with Crippen molar-refractivity contribution in [1.29, 1.82) is 0 Å². The lowest BCUT2D eigenvalue weighted by Crippen LogP contribution is -2.44. The van der Waals surface area contributed by atoms with Gasteiger partial charge in [0.1, 0.15) is 0 Å². The monoisotopic (exact) mass is 299 g/mol. The van der Waals surface area contributed by atoms with Crippen LogP contribution < -0.4 is 10.6 Å². The number of carbonyl (C=O) groups excluding carboxylic acids is 1. The van der Waals surface area contributed by atoms with E-state index in [0.717, 1.165) is 52.1 Å². The summed E-state index contributed by atoms with van der Waals surface area (Å²) in [5.41, 5.74) is 0. The molecule has 1 aliphatic heterocycles. The third kappa shape index (κ3) is 8.39. The number of rotatable bonds is 10. The van der Waals surface area contributed by atoms with Crippen molar-refractivity contribution in [1.82, 2.24) is 15.5 Å². The summed E-state index contributed by atoms with van der Waals surface area (Å²) in [5, 5.41) is 6.40. The molecule has 0 aliphatic carbocycles. The summed E-state index contributed by atoms with van der Waals surface area (Å²) in [6.07, 6.45) is 4.16. The van der Waals surface area contributed by atoms with Crippen molar-refractivity contribution in [3.63, 3.8) is 0 Å². The molecule has 5 nitrogen and oxygen atoms in total. The first-order valence-corrected chi connectivity index (χ1v) is 8.48. The van der Waals surface area contributed by atoms with E-state index in [4.69, 9.17) is 4.74 Å². The van der Waals surface area contributed by atoms with Crippen molar-refractivity contribution in [3.8, 4) is 0 Å². The third-order valence-electron chi connectivity index (χ3n) is 4.20. The van der Waals surface area contributed by atoms with Gasteiger partial charge in [-0.25, -0.2) is 0 Å². The average Bonchev–Trinajstić information content (AvgIpc) is 2.50. The molecule has 1 saturated heterocycles. The number of carbonyl (C=O) groups is 1. The maximum atomic E-state index is 11.9. The van der Waals surface area contributed by atoms with Gasteiger partial charge in [-0.05, 0) is 52.2 Å².